The molecule has 1 aliphatic carbocycles. The third-order valence-corrected chi connectivity index (χ3v) is 9.04. The second-order valence-electron chi connectivity index (χ2n) is 11.7. The molecule has 0 amide bonds. The van der Waals surface area contributed by atoms with Crippen molar-refractivity contribution in [1.29, 1.82) is 0 Å². The van der Waals surface area contributed by atoms with Gasteiger partial charge in [0.1, 0.15) is 11.2 Å². The number of fused-ring (bicyclic) bond motifs is 8. The summed E-state index contributed by atoms with van der Waals surface area (Å²) in [5.41, 5.74) is 10.9. The van der Waals surface area contributed by atoms with Gasteiger partial charge in [-0.25, -0.2) is 9.97 Å². The van der Waals surface area contributed by atoms with Crippen LogP contribution in [0.2, 0.25) is 0 Å². The summed E-state index contributed by atoms with van der Waals surface area (Å²) in [5, 5.41) is 4.79. The first-order valence-corrected chi connectivity index (χ1v) is 14.4. The van der Waals surface area contributed by atoms with Crippen LogP contribution < -0.4 is 0 Å². The van der Waals surface area contributed by atoms with Gasteiger partial charge in [-0.3, -0.25) is 9.55 Å². The number of hydrogen-bond acceptors (Lipinski definition) is 3. The maximum atomic E-state index is 5.30. The van der Waals surface area contributed by atoms with Crippen molar-refractivity contribution < 1.29 is 0 Å². The number of pyridine rings is 1. The van der Waals surface area contributed by atoms with E-state index in [9.17, 15) is 0 Å². The standard InChI is InChI=1S/C38H26N4/c1-38(2)30-14-7-5-12-26(30)28-21-25(17-18-31(28)38)35-36-32(15-9-19-39-36)40-37(41-35)42-33-16-8-6-13-27(33)29-20-23-10-3-4-11-24(23)22-34(29)42/h3-22H,1-2H3. The van der Waals surface area contributed by atoms with Gasteiger partial charge in [0, 0.05) is 27.9 Å². The highest BCUT2D eigenvalue weighted by Crippen LogP contribution is 2.49. The third-order valence-electron chi connectivity index (χ3n) is 9.04. The molecule has 0 saturated heterocycles. The van der Waals surface area contributed by atoms with E-state index < -0.39 is 0 Å². The molecular weight excluding hydrogens is 512 g/mol. The fourth-order valence-electron chi connectivity index (χ4n) is 6.99. The maximum Gasteiger partial charge on any atom is 0.235 e. The summed E-state index contributed by atoms with van der Waals surface area (Å²) in [5.74, 6) is 0.646. The van der Waals surface area contributed by atoms with E-state index in [0.717, 1.165) is 33.3 Å². The zero-order chi connectivity index (χ0) is 28.0. The topological polar surface area (TPSA) is 43.6 Å². The summed E-state index contributed by atoms with van der Waals surface area (Å²) < 4.78 is 2.21. The summed E-state index contributed by atoms with van der Waals surface area (Å²) in [6, 6.07) is 41.1. The molecular formula is C38H26N4. The minimum atomic E-state index is -0.0483. The van der Waals surface area contributed by atoms with Crippen LogP contribution in [0.3, 0.4) is 0 Å². The molecule has 0 atom stereocenters. The summed E-state index contributed by atoms with van der Waals surface area (Å²) >= 11 is 0. The molecule has 0 unspecified atom stereocenters. The highest BCUT2D eigenvalue weighted by atomic mass is 15.2. The average Bonchev–Trinajstić information content (AvgIpc) is 3.47. The van der Waals surface area contributed by atoms with Crippen LogP contribution in [-0.2, 0) is 5.41 Å². The molecule has 0 aliphatic heterocycles. The van der Waals surface area contributed by atoms with Crippen molar-refractivity contribution >= 4 is 43.6 Å². The van der Waals surface area contributed by atoms with Gasteiger partial charge in [0.05, 0.1) is 16.6 Å². The molecule has 4 nitrogen and oxygen atoms in total. The number of hydrogen-bond donors (Lipinski definition) is 0. The van der Waals surface area contributed by atoms with Gasteiger partial charge in [0.2, 0.25) is 5.95 Å². The molecule has 0 saturated carbocycles. The molecule has 0 radical (unpaired) electrons. The van der Waals surface area contributed by atoms with Crippen LogP contribution in [0, 0.1) is 0 Å². The molecule has 0 bridgehead atoms. The summed E-state index contributed by atoms with van der Waals surface area (Å²) in [4.78, 5) is 15.2. The SMILES string of the molecule is CC1(C)c2ccccc2-c2cc(-c3nc(-n4c5ccccc5c5cc6ccccc6cc54)nc4cccnc34)ccc21. The fraction of sp³-hybridized carbons (Fsp3) is 0.0789. The molecule has 8 aromatic rings. The van der Waals surface area contributed by atoms with Crippen LogP contribution in [0.1, 0.15) is 25.0 Å². The molecule has 42 heavy (non-hydrogen) atoms. The van der Waals surface area contributed by atoms with Crippen molar-refractivity contribution in [3.05, 3.63) is 133 Å². The van der Waals surface area contributed by atoms with Crippen molar-refractivity contribution in [2.45, 2.75) is 19.3 Å². The molecule has 3 aromatic heterocycles. The zero-order valence-corrected chi connectivity index (χ0v) is 23.3. The fourth-order valence-corrected chi connectivity index (χ4v) is 6.99. The number of benzene rings is 5. The number of aromatic nitrogens is 4. The lowest BCUT2D eigenvalue weighted by Crippen LogP contribution is -2.14. The minimum Gasteiger partial charge on any atom is -0.278 e. The molecule has 0 N–H and O–H groups in total. The van der Waals surface area contributed by atoms with Crippen molar-refractivity contribution in [1.82, 2.24) is 19.5 Å². The van der Waals surface area contributed by atoms with Crippen molar-refractivity contribution in [2.75, 3.05) is 0 Å². The first-order valence-electron chi connectivity index (χ1n) is 14.4. The van der Waals surface area contributed by atoms with E-state index in [0.29, 0.717) is 5.95 Å². The summed E-state index contributed by atoms with van der Waals surface area (Å²) in [7, 11) is 0. The third kappa shape index (κ3) is 3.15. The molecule has 9 rings (SSSR count). The van der Waals surface area contributed by atoms with Crippen molar-refractivity contribution in [3.63, 3.8) is 0 Å². The lowest BCUT2D eigenvalue weighted by Gasteiger charge is -2.21. The number of rotatable bonds is 2. The molecule has 0 spiro atoms. The highest BCUT2D eigenvalue weighted by Gasteiger charge is 2.35. The Morgan fingerprint density at radius 2 is 1.36 bits per heavy atom. The van der Waals surface area contributed by atoms with Gasteiger partial charge in [-0.2, -0.15) is 0 Å². The van der Waals surface area contributed by atoms with Gasteiger partial charge in [0.25, 0.3) is 0 Å². The summed E-state index contributed by atoms with van der Waals surface area (Å²) in [6.07, 6.45) is 1.83. The van der Waals surface area contributed by atoms with E-state index in [2.05, 4.69) is 122 Å². The lowest BCUT2D eigenvalue weighted by atomic mass is 9.82. The first kappa shape index (κ1) is 23.4. The molecule has 1 aliphatic rings. The van der Waals surface area contributed by atoms with Crippen LogP contribution in [0.5, 0.6) is 0 Å². The molecule has 4 heteroatoms. The quantitative estimate of drug-likeness (QED) is 0.220. The van der Waals surface area contributed by atoms with Gasteiger partial charge in [-0.15, -0.1) is 0 Å². The van der Waals surface area contributed by atoms with Crippen molar-refractivity contribution in [2.24, 2.45) is 0 Å². The Labute approximate surface area is 242 Å². The largest absolute Gasteiger partial charge is 0.278 e. The van der Waals surface area contributed by atoms with E-state index in [-0.39, 0.29) is 5.41 Å². The van der Waals surface area contributed by atoms with Gasteiger partial charge in [-0.1, -0.05) is 92.7 Å². The monoisotopic (exact) mass is 538 g/mol. The average molecular weight is 539 g/mol. The molecule has 5 aromatic carbocycles. The Bertz CT molecular complexity index is 2400. The second kappa shape index (κ2) is 8.34. The van der Waals surface area contributed by atoms with Gasteiger partial charge in [-0.05, 0) is 69.4 Å². The Kier molecular flexibility index (Phi) is 4.64. The van der Waals surface area contributed by atoms with Gasteiger partial charge >= 0.3 is 0 Å². The molecule has 0 fully saturated rings. The predicted octanol–water partition coefficient (Wildman–Crippen LogP) is 9.25. The zero-order valence-electron chi connectivity index (χ0n) is 23.3. The van der Waals surface area contributed by atoms with Crippen LogP contribution in [0.4, 0.5) is 0 Å². The normalized spacial score (nSPS) is 13.7. The molecule has 198 valence electrons. The van der Waals surface area contributed by atoms with E-state index in [4.69, 9.17) is 15.0 Å². The van der Waals surface area contributed by atoms with E-state index in [1.807, 2.05) is 18.3 Å². The lowest BCUT2D eigenvalue weighted by molar-refractivity contribution is 0.660. The number of nitrogens with zero attached hydrogens (tertiary/aromatic N) is 4. The second-order valence-corrected chi connectivity index (χ2v) is 11.7. The predicted molar refractivity (Wildman–Crippen MR) is 172 cm³/mol. The van der Waals surface area contributed by atoms with E-state index >= 15 is 0 Å². The smallest absolute Gasteiger partial charge is 0.235 e. The number of para-hydroxylation sites is 1. The minimum absolute atomic E-state index is 0.0483. The Morgan fingerprint density at radius 3 is 2.26 bits per heavy atom. The summed E-state index contributed by atoms with van der Waals surface area (Å²) in [6.45, 7) is 4.62. The highest BCUT2D eigenvalue weighted by molar-refractivity contribution is 6.13. The Balaban J connectivity index is 1.35. The van der Waals surface area contributed by atoms with Gasteiger partial charge < -0.3 is 0 Å². The Hall–Kier alpha value is -5.35. The van der Waals surface area contributed by atoms with Crippen LogP contribution in [0.15, 0.2) is 121 Å². The Morgan fingerprint density at radius 1 is 0.595 bits per heavy atom. The molecule has 3 heterocycles. The van der Waals surface area contributed by atoms with Crippen LogP contribution in [-0.4, -0.2) is 19.5 Å². The van der Waals surface area contributed by atoms with Crippen LogP contribution in [0.25, 0.3) is 71.9 Å². The van der Waals surface area contributed by atoms with E-state index in [1.54, 1.807) is 0 Å². The van der Waals surface area contributed by atoms with E-state index in [1.165, 1.54) is 43.8 Å². The van der Waals surface area contributed by atoms with Gasteiger partial charge in [0.15, 0.2) is 0 Å². The first-order chi connectivity index (χ1) is 20.6. The van der Waals surface area contributed by atoms with Crippen LogP contribution >= 0.6 is 0 Å². The maximum absolute atomic E-state index is 5.30. The van der Waals surface area contributed by atoms with Crippen molar-refractivity contribution in [3.8, 4) is 28.3 Å².